The van der Waals surface area contributed by atoms with Gasteiger partial charge in [-0.05, 0) is 25.2 Å². The van der Waals surface area contributed by atoms with E-state index in [-0.39, 0.29) is 59.6 Å². The van der Waals surface area contributed by atoms with Gasteiger partial charge in [0, 0.05) is 12.6 Å². The smallest absolute Gasteiger partial charge is 0.243 e. The predicted molar refractivity (Wildman–Crippen MR) is 95.7 cm³/mol. The molecule has 0 aromatic carbocycles. The molecule has 2 fully saturated rings. The number of allylic oxidation sites excluding steroid dienone is 2. The second kappa shape index (κ2) is 7.13. The number of fused-ring (bicyclic) bond motifs is 1. The molecule has 0 saturated carbocycles. The summed E-state index contributed by atoms with van der Waals surface area (Å²) in [5.74, 6) is -1.40. The zero-order valence-electron chi connectivity index (χ0n) is 15.3. The van der Waals surface area contributed by atoms with Crippen LogP contribution in [0.2, 0.25) is 0 Å². The van der Waals surface area contributed by atoms with E-state index in [1.165, 1.54) is 0 Å². The first kappa shape index (κ1) is 19.1. The lowest BCUT2D eigenvalue weighted by atomic mass is 9.85. The van der Waals surface area contributed by atoms with Gasteiger partial charge in [-0.25, -0.2) is 8.42 Å². The minimum Gasteiger partial charge on any atom is -0.337 e. The Morgan fingerprint density at radius 3 is 2.23 bits per heavy atom. The molecular weight excluding hydrogens is 356 g/mol. The summed E-state index contributed by atoms with van der Waals surface area (Å²) in [6.07, 6.45) is 5.31. The van der Waals surface area contributed by atoms with E-state index in [4.69, 9.17) is 0 Å². The molecule has 0 aromatic rings. The first-order valence-corrected chi connectivity index (χ1v) is 11.0. The van der Waals surface area contributed by atoms with E-state index in [0.717, 1.165) is 4.90 Å². The maximum atomic E-state index is 12.9. The molecule has 3 aliphatic rings. The Labute approximate surface area is 154 Å². The van der Waals surface area contributed by atoms with Crippen molar-refractivity contribution in [3.8, 4) is 0 Å². The predicted octanol–water partition coefficient (Wildman–Crippen LogP) is 0.609. The summed E-state index contributed by atoms with van der Waals surface area (Å²) in [4.78, 5) is 40.7. The van der Waals surface area contributed by atoms with Gasteiger partial charge in [0.15, 0.2) is 9.84 Å². The lowest BCUT2D eigenvalue weighted by Gasteiger charge is -2.31. The molecule has 0 N–H and O–H groups in total. The molecule has 26 heavy (non-hydrogen) atoms. The van der Waals surface area contributed by atoms with Crippen molar-refractivity contribution >= 4 is 27.6 Å². The third kappa shape index (κ3) is 3.70. The molecule has 8 heteroatoms. The highest BCUT2D eigenvalue weighted by Gasteiger charge is 2.48. The molecule has 3 atom stereocenters. The molecular formula is C18H26N2O5S. The summed E-state index contributed by atoms with van der Waals surface area (Å²) in [5.41, 5.74) is 0. The number of hydrogen-bond donors (Lipinski definition) is 0. The molecule has 0 spiro atoms. The lowest BCUT2D eigenvalue weighted by Crippen LogP contribution is -2.49. The van der Waals surface area contributed by atoms with Crippen molar-refractivity contribution < 1.29 is 22.8 Å². The van der Waals surface area contributed by atoms with E-state index in [2.05, 4.69) is 0 Å². The standard InChI is InChI=1S/C18H26N2O5S/c1-12(2)9-19(13-7-8-26(24,25)11-13)16(21)10-20-17(22)14-5-3-4-6-15(14)18(20)23/h3-4,12-15H,5-11H2,1-2H3/t13-,14-,15+/m0/s1. The Morgan fingerprint density at radius 2 is 1.77 bits per heavy atom. The van der Waals surface area contributed by atoms with Crippen LogP contribution in [0.25, 0.3) is 0 Å². The molecule has 3 rings (SSSR count). The quantitative estimate of drug-likeness (QED) is 0.513. The Bertz CT molecular complexity index is 717. The number of nitrogens with zero attached hydrogens (tertiary/aromatic N) is 2. The van der Waals surface area contributed by atoms with Crippen LogP contribution in [-0.2, 0) is 24.2 Å². The third-order valence-electron chi connectivity index (χ3n) is 5.42. The van der Waals surface area contributed by atoms with Crippen molar-refractivity contribution in [2.24, 2.45) is 17.8 Å². The number of carbonyl (C=O) groups is 3. The van der Waals surface area contributed by atoms with Gasteiger partial charge >= 0.3 is 0 Å². The fraction of sp³-hybridized carbons (Fsp3) is 0.722. The zero-order valence-corrected chi connectivity index (χ0v) is 16.1. The van der Waals surface area contributed by atoms with Crippen LogP contribution in [0.4, 0.5) is 0 Å². The summed E-state index contributed by atoms with van der Waals surface area (Å²) in [5, 5.41) is 0. The second-order valence-corrected chi connectivity index (χ2v) is 10.1. The highest BCUT2D eigenvalue weighted by atomic mass is 32.2. The SMILES string of the molecule is CC(C)CN(C(=O)CN1C(=O)[C@H]2CC=CC[C@H]2C1=O)[C@H]1CCS(=O)(=O)C1. The van der Waals surface area contributed by atoms with E-state index in [9.17, 15) is 22.8 Å². The van der Waals surface area contributed by atoms with E-state index >= 15 is 0 Å². The first-order chi connectivity index (χ1) is 12.2. The maximum Gasteiger partial charge on any atom is 0.243 e. The van der Waals surface area contributed by atoms with Crippen LogP contribution in [0.1, 0.15) is 33.1 Å². The lowest BCUT2D eigenvalue weighted by molar-refractivity contribution is -0.147. The zero-order chi connectivity index (χ0) is 19.1. The maximum absolute atomic E-state index is 12.9. The van der Waals surface area contributed by atoms with Crippen LogP contribution in [0.15, 0.2) is 12.2 Å². The molecule has 0 radical (unpaired) electrons. The van der Waals surface area contributed by atoms with Crippen LogP contribution < -0.4 is 0 Å². The molecule has 0 unspecified atom stereocenters. The van der Waals surface area contributed by atoms with Gasteiger partial charge in [-0.3, -0.25) is 19.3 Å². The number of imide groups is 1. The summed E-state index contributed by atoms with van der Waals surface area (Å²) in [7, 11) is -3.13. The second-order valence-electron chi connectivity index (χ2n) is 7.92. The van der Waals surface area contributed by atoms with Crippen molar-refractivity contribution in [2.75, 3.05) is 24.6 Å². The molecule has 2 heterocycles. The molecule has 3 amide bonds. The number of hydrogen-bond acceptors (Lipinski definition) is 5. The van der Waals surface area contributed by atoms with Crippen LogP contribution in [0.5, 0.6) is 0 Å². The highest BCUT2D eigenvalue weighted by molar-refractivity contribution is 7.91. The molecule has 1 aliphatic carbocycles. The first-order valence-electron chi connectivity index (χ1n) is 9.19. The highest BCUT2D eigenvalue weighted by Crippen LogP contribution is 2.35. The normalized spacial score (nSPS) is 30.1. The van der Waals surface area contributed by atoms with E-state index in [1.54, 1.807) is 4.90 Å². The fourth-order valence-corrected chi connectivity index (χ4v) is 5.85. The van der Waals surface area contributed by atoms with E-state index < -0.39 is 9.84 Å². The van der Waals surface area contributed by atoms with Crippen LogP contribution in [0, 0.1) is 17.8 Å². The summed E-state index contributed by atoms with van der Waals surface area (Å²) >= 11 is 0. The van der Waals surface area contributed by atoms with Crippen molar-refractivity contribution in [2.45, 2.75) is 39.2 Å². The molecule has 7 nitrogen and oxygen atoms in total. The van der Waals surface area contributed by atoms with E-state index in [1.807, 2.05) is 26.0 Å². The fourth-order valence-electron chi connectivity index (χ4n) is 4.12. The van der Waals surface area contributed by atoms with Gasteiger partial charge in [-0.15, -0.1) is 0 Å². The van der Waals surface area contributed by atoms with Crippen LogP contribution in [-0.4, -0.2) is 66.6 Å². The Balaban J connectivity index is 1.73. The summed E-state index contributed by atoms with van der Waals surface area (Å²) in [6.45, 7) is 4.05. The molecule has 0 aromatic heterocycles. The van der Waals surface area contributed by atoms with Crippen molar-refractivity contribution in [1.29, 1.82) is 0 Å². The Hall–Kier alpha value is -1.70. The average Bonchev–Trinajstić information content (AvgIpc) is 3.05. The monoisotopic (exact) mass is 382 g/mol. The molecule has 0 bridgehead atoms. The summed E-state index contributed by atoms with van der Waals surface area (Å²) in [6, 6.07) is -0.369. The largest absolute Gasteiger partial charge is 0.337 e. The van der Waals surface area contributed by atoms with Gasteiger partial charge in [0.25, 0.3) is 0 Å². The molecule has 2 saturated heterocycles. The van der Waals surface area contributed by atoms with Crippen LogP contribution >= 0.6 is 0 Å². The van der Waals surface area contributed by atoms with E-state index in [0.29, 0.717) is 25.8 Å². The minimum atomic E-state index is -3.13. The number of carbonyl (C=O) groups excluding carboxylic acids is 3. The average molecular weight is 382 g/mol. The number of rotatable bonds is 5. The minimum absolute atomic E-state index is 0.0392. The number of sulfone groups is 1. The summed E-state index contributed by atoms with van der Waals surface area (Å²) < 4.78 is 23.6. The Kier molecular flexibility index (Phi) is 5.23. The van der Waals surface area contributed by atoms with Gasteiger partial charge < -0.3 is 4.90 Å². The van der Waals surface area contributed by atoms with Crippen LogP contribution in [0.3, 0.4) is 0 Å². The molecule has 144 valence electrons. The van der Waals surface area contributed by atoms with Gasteiger partial charge in [0.2, 0.25) is 17.7 Å². The van der Waals surface area contributed by atoms with Gasteiger partial charge in [-0.2, -0.15) is 0 Å². The van der Waals surface area contributed by atoms with Crippen molar-refractivity contribution in [1.82, 2.24) is 9.80 Å². The van der Waals surface area contributed by atoms with Gasteiger partial charge in [0.05, 0.1) is 23.3 Å². The topological polar surface area (TPSA) is 91.8 Å². The van der Waals surface area contributed by atoms with Crippen molar-refractivity contribution in [3.05, 3.63) is 12.2 Å². The third-order valence-corrected chi connectivity index (χ3v) is 7.17. The number of likely N-dealkylation sites (tertiary alicyclic amines) is 1. The van der Waals surface area contributed by atoms with Crippen molar-refractivity contribution in [3.63, 3.8) is 0 Å². The number of amides is 3. The Morgan fingerprint density at radius 1 is 1.19 bits per heavy atom. The molecule has 2 aliphatic heterocycles. The van der Waals surface area contributed by atoms with Gasteiger partial charge in [-0.1, -0.05) is 26.0 Å². The van der Waals surface area contributed by atoms with Gasteiger partial charge in [0.1, 0.15) is 6.54 Å².